The molecule has 0 heterocycles. The van der Waals surface area contributed by atoms with Crippen molar-refractivity contribution < 1.29 is 84.3 Å². The van der Waals surface area contributed by atoms with Crippen molar-refractivity contribution in [2.75, 3.05) is 58.9 Å². The lowest BCUT2D eigenvalue weighted by atomic mass is 9.96. The summed E-state index contributed by atoms with van der Waals surface area (Å²) in [4.78, 5) is 88.1. The van der Waals surface area contributed by atoms with Crippen molar-refractivity contribution in [2.45, 2.75) is 18.4 Å². The van der Waals surface area contributed by atoms with Crippen LogP contribution in [0.15, 0.2) is 0 Å². The first-order chi connectivity index (χ1) is 18.3. The van der Waals surface area contributed by atoms with E-state index in [0.717, 1.165) is 9.80 Å². The van der Waals surface area contributed by atoms with E-state index in [2.05, 4.69) is 0 Å². The SMILES string of the molecule is O=C(O)CC(O)(CC(=O)O)C(=O)O.O=C(O)CN(CCN(CC(=O)O)CC(=O)O)CCN(CC(=O)O)CC(=O)O. The van der Waals surface area contributed by atoms with Gasteiger partial charge in [0.05, 0.1) is 45.6 Å². The van der Waals surface area contributed by atoms with Gasteiger partial charge in [-0.1, -0.05) is 0 Å². The highest BCUT2D eigenvalue weighted by molar-refractivity contribution is 5.88. The molecule has 0 saturated carbocycles. The molecule has 0 saturated heterocycles. The Labute approximate surface area is 224 Å². The zero-order valence-electron chi connectivity index (χ0n) is 20.9. The maximum atomic E-state index is 11.0. The van der Waals surface area contributed by atoms with Gasteiger partial charge >= 0.3 is 47.8 Å². The van der Waals surface area contributed by atoms with E-state index in [4.69, 9.17) is 46.0 Å². The van der Waals surface area contributed by atoms with Gasteiger partial charge in [-0.05, 0) is 0 Å². The average molecular weight is 585 g/mol. The fourth-order valence-electron chi connectivity index (χ4n) is 2.93. The van der Waals surface area contributed by atoms with Crippen LogP contribution in [0.25, 0.3) is 0 Å². The summed E-state index contributed by atoms with van der Waals surface area (Å²) in [5, 5.41) is 77.9. The minimum atomic E-state index is -2.74. The van der Waals surface area contributed by atoms with Crippen LogP contribution in [0.5, 0.6) is 0 Å². The molecule has 0 aromatic carbocycles. The van der Waals surface area contributed by atoms with Crippen molar-refractivity contribution in [2.24, 2.45) is 0 Å². The van der Waals surface area contributed by atoms with Crippen LogP contribution >= 0.6 is 0 Å². The monoisotopic (exact) mass is 585 g/mol. The fourth-order valence-corrected chi connectivity index (χ4v) is 2.93. The average Bonchev–Trinajstić information content (AvgIpc) is 2.72. The summed E-state index contributed by atoms with van der Waals surface area (Å²) >= 11 is 0. The third-order valence-corrected chi connectivity index (χ3v) is 4.54. The summed E-state index contributed by atoms with van der Waals surface area (Å²) in [5.74, 6) is -11.2. The Morgan fingerprint density at radius 1 is 0.400 bits per heavy atom. The minimum absolute atomic E-state index is 0.000836. The third kappa shape index (κ3) is 20.6. The molecular weight excluding hydrogens is 554 g/mol. The number of carboxylic acid groups (broad SMARTS) is 8. The Bertz CT molecular complexity index is 849. The Balaban J connectivity index is 0. The third-order valence-electron chi connectivity index (χ3n) is 4.54. The number of hydrogen-bond acceptors (Lipinski definition) is 12. The normalized spacial score (nSPS) is 11.0. The molecule has 0 rings (SSSR count). The van der Waals surface area contributed by atoms with Crippen molar-refractivity contribution in [3.8, 4) is 0 Å². The largest absolute Gasteiger partial charge is 0.481 e. The second kappa shape index (κ2) is 18.8. The Kier molecular flexibility index (Phi) is 17.7. The highest BCUT2D eigenvalue weighted by atomic mass is 16.4. The molecule has 0 aromatic rings. The van der Waals surface area contributed by atoms with E-state index in [0.29, 0.717) is 0 Å². The predicted octanol–water partition coefficient (Wildman–Crippen LogP) is -3.93. The number of rotatable bonds is 21. The second-order valence-corrected chi connectivity index (χ2v) is 8.14. The quantitative estimate of drug-likeness (QED) is 0.0620. The summed E-state index contributed by atoms with van der Waals surface area (Å²) in [5.41, 5.74) is -2.74. The van der Waals surface area contributed by atoms with E-state index >= 15 is 0 Å². The van der Waals surface area contributed by atoms with Crippen LogP contribution in [0.3, 0.4) is 0 Å². The molecule has 0 radical (unpaired) electrons. The summed E-state index contributed by atoms with van der Waals surface area (Å²) < 4.78 is 0. The lowest BCUT2D eigenvalue weighted by Gasteiger charge is -2.27. The van der Waals surface area contributed by atoms with E-state index in [1.807, 2.05) is 0 Å². The van der Waals surface area contributed by atoms with Gasteiger partial charge < -0.3 is 46.0 Å². The summed E-state index contributed by atoms with van der Waals surface area (Å²) in [7, 11) is 0. The molecule has 0 atom stereocenters. The van der Waals surface area contributed by atoms with Crippen molar-refractivity contribution >= 4 is 47.8 Å². The van der Waals surface area contributed by atoms with E-state index in [-0.39, 0.29) is 26.2 Å². The van der Waals surface area contributed by atoms with Crippen molar-refractivity contribution in [3.63, 3.8) is 0 Å². The smallest absolute Gasteiger partial charge is 0.336 e. The highest BCUT2D eigenvalue weighted by Gasteiger charge is 2.40. The zero-order chi connectivity index (χ0) is 31.6. The van der Waals surface area contributed by atoms with Gasteiger partial charge in [-0.15, -0.1) is 0 Å². The zero-order valence-corrected chi connectivity index (χ0v) is 20.9. The molecule has 20 heteroatoms. The van der Waals surface area contributed by atoms with E-state index in [9.17, 15) is 38.4 Å². The summed E-state index contributed by atoms with van der Waals surface area (Å²) in [6.45, 7) is -2.74. The van der Waals surface area contributed by atoms with E-state index < -0.39 is 98.9 Å². The molecule has 0 amide bonds. The Morgan fingerprint density at radius 3 is 0.825 bits per heavy atom. The van der Waals surface area contributed by atoms with Gasteiger partial charge in [-0.25, -0.2) is 4.79 Å². The van der Waals surface area contributed by atoms with Gasteiger partial charge in [0.15, 0.2) is 5.60 Å². The van der Waals surface area contributed by atoms with E-state index in [1.165, 1.54) is 4.90 Å². The number of hydrogen-bond donors (Lipinski definition) is 9. The summed E-state index contributed by atoms with van der Waals surface area (Å²) in [6, 6.07) is 0. The first-order valence-electron chi connectivity index (χ1n) is 10.9. The maximum absolute atomic E-state index is 11.0. The van der Waals surface area contributed by atoms with Crippen LogP contribution in [0.1, 0.15) is 12.8 Å². The lowest BCUT2D eigenvalue weighted by molar-refractivity contribution is -0.170. The molecule has 40 heavy (non-hydrogen) atoms. The van der Waals surface area contributed by atoms with E-state index in [1.54, 1.807) is 0 Å². The van der Waals surface area contributed by atoms with Gasteiger partial charge in [-0.2, -0.15) is 0 Å². The van der Waals surface area contributed by atoms with Crippen LogP contribution < -0.4 is 0 Å². The molecule has 0 fully saturated rings. The Morgan fingerprint density at radius 2 is 0.625 bits per heavy atom. The molecule has 0 spiro atoms. The molecule has 0 bridgehead atoms. The number of nitrogens with zero attached hydrogens (tertiary/aromatic N) is 3. The molecule has 0 aromatic heterocycles. The molecule has 0 unspecified atom stereocenters. The molecule has 20 nitrogen and oxygen atoms in total. The van der Waals surface area contributed by atoms with Gasteiger partial charge in [0.2, 0.25) is 0 Å². The molecule has 0 aliphatic carbocycles. The van der Waals surface area contributed by atoms with Gasteiger partial charge in [0, 0.05) is 26.2 Å². The minimum Gasteiger partial charge on any atom is -0.481 e. The molecular formula is C20H31N3O17. The first kappa shape index (κ1) is 37.8. The molecule has 0 aliphatic rings. The molecule has 228 valence electrons. The second-order valence-electron chi connectivity index (χ2n) is 8.14. The Hall–Kier alpha value is -4.40. The predicted molar refractivity (Wildman–Crippen MR) is 125 cm³/mol. The van der Waals surface area contributed by atoms with Crippen molar-refractivity contribution in [3.05, 3.63) is 0 Å². The first-order valence-corrected chi connectivity index (χ1v) is 10.9. The van der Waals surface area contributed by atoms with Crippen LogP contribution in [-0.2, 0) is 38.4 Å². The standard InChI is InChI=1S/C14H23N3O10.C6H8O7/c18-10(19)5-15(1-3-16(6-11(20)21)7-12(22)23)2-4-17(8-13(24)25)9-14(26)27;7-3(8)1-6(13,5(11)12)2-4(9)10/h1-9H2,(H,18,19)(H,20,21)(H,22,23)(H,24,25)(H,26,27);13H,1-2H2,(H,7,8)(H,9,10)(H,11,12). The molecule has 0 aliphatic heterocycles. The summed E-state index contributed by atoms with van der Waals surface area (Å²) in [6.07, 6.45) is -2.29. The van der Waals surface area contributed by atoms with Crippen LogP contribution in [0, 0.1) is 0 Å². The van der Waals surface area contributed by atoms with Crippen molar-refractivity contribution in [1.29, 1.82) is 0 Å². The lowest BCUT2D eigenvalue weighted by Crippen LogP contribution is -2.45. The van der Waals surface area contributed by atoms with Gasteiger partial charge in [0.25, 0.3) is 0 Å². The van der Waals surface area contributed by atoms with Gasteiger partial charge in [-0.3, -0.25) is 48.3 Å². The maximum Gasteiger partial charge on any atom is 0.336 e. The number of aliphatic hydroxyl groups is 1. The van der Waals surface area contributed by atoms with Crippen LogP contribution in [0.2, 0.25) is 0 Å². The highest BCUT2D eigenvalue weighted by Crippen LogP contribution is 2.15. The topological polar surface area (TPSA) is 328 Å². The molecule has 9 N–H and O–H groups in total. The van der Waals surface area contributed by atoms with Crippen LogP contribution in [0.4, 0.5) is 0 Å². The van der Waals surface area contributed by atoms with Crippen molar-refractivity contribution in [1.82, 2.24) is 14.7 Å². The van der Waals surface area contributed by atoms with Crippen LogP contribution in [-0.4, -0.2) is 173 Å². The number of carboxylic acids is 8. The number of aliphatic carboxylic acids is 8. The number of carbonyl (C=O) groups is 8. The van der Waals surface area contributed by atoms with Gasteiger partial charge in [0.1, 0.15) is 0 Å². The fraction of sp³-hybridized carbons (Fsp3) is 0.600.